The maximum Gasteiger partial charge on any atom is 0.184 e. The summed E-state index contributed by atoms with van der Waals surface area (Å²) in [6, 6.07) is 17.4. The number of hydrogen-bond acceptors (Lipinski definition) is 2. The minimum absolute atomic E-state index is 0.438. The molecule has 0 fully saturated rings. The summed E-state index contributed by atoms with van der Waals surface area (Å²) in [6.45, 7) is 7.74. The Bertz CT molecular complexity index is 677. The van der Waals surface area contributed by atoms with Gasteiger partial charge < -0.3 is 9.84 Å². The van der Waals surface area contributed by atoms with E-state index in [4.69, 9.17) is 4.74 Å². The summed E-state index contributed by atoms with van der Waals surface area (Å²) in [5, 5.41) is 11.2. The van der Waals surface area contributed by atoms with Crippen molar-refractivity contribution in [2.24, 2.45) is 0 Å². The molecule has 1 aliphatic rings. The summed E-state index contributed by atoms with van der Waals surface area (Å²) in [5.74, 6) is 0.771. The van der Waals surface area contributed by atoms with Gasteiger partial charge in [0.2, 0.25) is 0 Å². The molecule has 1 N–H and O–H groups in total. The van der Waals surface area contributed by atoms with E-state index in [1.54, 1.807) is 12.2 Å². The minimum Gasteiger partial charge on any atom is -0.475 e. The maximum atomic E-state index is 11.2. The van der Waals surface area contributed by atoms with E-state index >= 15 is 0 Å². The lowest BCUT2D eigenvalue weighted by molar-refractivity contribution is -0.0920. The molecule has 0 radical (unpaired) electrons. The first-order chi connectivity index (χ1) is 10.1. The lowest BCUT2D eigenvalue weighted by atomic mass is 9.72. The zero-order chi connectivity index (χ0) is 14.9. The largest absolute Gasteiger partial charge is 0.475 e. The SMILES string of the molecule is C=CC1(O)Cc2ccccc2OC1(C=C)c1ccccc1. The number of benzene rings is 2. The molecule has 0 saturated heterocycles. The predicted octanol–water partition coefficient (Wildman–Crippen LogP) is 3.62. The topological polar surface area (TPSA) is 29.5 Å². The Hall–Kier alpha value is -2.32. The van der Waals surface area contributed by atoms with E-state index < -0.39 is 11.2 Å². The molecule has 0 saturated carbocycles. The molecule has 2 unspecified atom stereocenters. The Morgan fingerprint density at radius 1 is 0.952 bits per heavy atom. The average molecular weight is 278 g/mol. The molecule has 106 valence electrons. The van der Waals surface area contributed by atoms with Gasteiger partial charge >= 0.3 is 0 Å². The van der Waals surface area contributed by atoms with E-state index in [2.05, 4.69) is 13.2 Å². The van der Waals surface area contributed by atoms with Crippen molar-refractivity contribution in [3.63, 3.8) is 0 Å². The van der Waals surface area contributed by atoms with Crippen molar-refractivity contribution in [2.45, 2.75) is 17.6 Å². The number of para-hydroxylation sites is 1. The van der Waals surface area contributed by atoms with Crippen molar-refractivity contribution in [3.05, 3.63) is 91.0 Å². The number of fused-ring (bicyclic) bond motifs is 1. The van der Waals surface area contributed by atoms with Crippen LogP contribution in [0.25, 0.3) is 0 Å². The number of hydrogen-bond donors (Lipinski definition) is 1. The van der Waals surface area contributed by atoms with Gasteiger partial charge in [-0.25, -0.2) is 0 Å². The Morgan fingerprint density at radius 2 is 1.62 bits per heavy atom. The minimum atomic E-state index is -1.25. The van der Waals surface area contributed by atoms with Gasteiger partial charge in [-0.15, -0.1) is 6.58 Å². The zero-order valence-corrected chi connectivity index (χ0v) is 11.8. The molecule has 0 aromatic heterocycles. The highest BCUT2D eigenvalue weighted by atomic mass is 16.5. The zero-order valence-electron chi connectivity index (χ0n) is 11.8. The molecule has 2 heteroatoms. The van der Waals surface area contributed by atoms with Crippen LogP contribution in [0.2, 0.25) is 0 Å². The summed E-state index contributed by atoms with van der Waals surface area (Å²) in [7, 11) is 0. The van der Waals surface area contributed by atoms with Crippen LogP contribution in [-0.2, 0) is 12.0 Å². The highest BCUT2D eigenvalue weighted by Gasteiger charge is 2.53. The smallest absolute Gasteiger partial charge is 0.184 e. The molecule has 2 nitrogen and oxygen atoms in total. The second kappa shape index (κ2) is 4.90. The van der Waals surface area contributed by atoms with E-state index in [0.717, 1.165) is 16.9 Å². The first-order valence-corrected chi connectivity index (χ1v) is 6.97. The molecular formula is C19H18O2. The second-order valence-corrected chi connectivity index (χ2v) is 5.32. The van der Waals surface area contributed by atoms with Gasteiger partial charge in [-0.05, 0) is 17.7 Å². The van der Waals surface area contributed by atoms with Crippen LogP contribution in [0, 0.1) is 0 Å². The monoisotopic (exact) mass is 278 g/mol. The van der Waals surface area contributed by atoms with Crippen LogP contribution in [0.3, 0.4) is 0 Å². The molecule has 2 aromatic rings. The molecule has 0 aliphatic carbocycles. The molecule has 1 aliphatic heterocycles. The van der Waals surface area contributed by atoms with Crippen LogP contribution >= 0.6 is 0 Å². The van der Waals surface area contributed by atoms with Crippen molar-refractivity contribution < 1.29 is 9.84 Å². The van der Waals surface area contributed by atoms with Crippen LogP contribution in [0.1, 0.15) is 11.1 Å². The summed E-state index contributed by atoms with van der Waals surface area (Å²) in [5.41, 5.74) is -0.459. The highest BCUT2D eigenvalue weighted by Crippen LogP contribution is 2.47. The highest BCUT2D eigenvalue weighted by molar-refractivity contribution is 5.46. The fraction of sp³-hybridized carbons (Fsp3) is 0.158. The van der Waals surface area contributed by atoms with Gasteiger partial charge in [-0.1, -0.05) is 61.2 Å². The van der Waals surface area contributed by atoms with E-state index in [9.17, 15) is 5.11 Å². The molecule has 0 spiro atoms. The molecule has 2 aromatic carbocycles. The third kappa shape index (κ3) is 1.91. The Balaban J connectivity index is 2.23. The fourth-order valence-corrected chi connectivity index (χ4v) is 2.99. The second-order valence-electron chi connectivity index (χ2n) is 5.32. The standard InChI is InChI=1S/C19H18O2/c1-3-18(20)14-15-10-8-9-13-17(15)21-19(18,4-2)16-11-6-5-7-12-16/h3-13,20H,1-2,14H2. The number of rotatable bonds is 3. The van der Waals surface area contributed by atoms with Crippen LogP contribution in [0.4, 0.5) is 0 Å². The molecule has 0 bridgehead atoms. The van der Waals surface area contributed by atoms with Crippen LogP contribution in [0.5, 0.6) is 5.75 Å². The summed E-state index contributed by atoms with van der Waals surface area (Å²) in [4.78, 5) is 0. The van der Waals surface area contributed by atoms with Crippen molar-refractivity contribution >= 4 is 0 Å². The Kier molecular flexibility index (Phi) is 3.19. The average Bonchev–Trinajstić information content (AvgIpc) is 2.55. The van der Waals surface area contributed by atoms with Crippen LogP contribution in [0.15, 0.2) is 79.9 Å². The van der Waals surface area contributed by atoms with Crippen molar-refractivity contribution in [1.82, 2.24) is 0 Å². The number of aliphatic hydroxyl groups is 1. The number of ether oxygens (including phenoxy) is 1. The third-order valence-corrected chi connectivity index (χ3v) is 4.17. The summed E-state index contributed by atoms with van der Waals surface area (Å²) in [6.07, 6.45) is 3.66. The van der Waals surface area contributed by atoms with Gasteiger partial charge in [0.1, 0.15) is 11.4 Å². The molecule has 3 rings (SSSR count). The lowest BCUT2D eigenvalue weighted by Crippen LogP contribution is -2.56. The van der Waals surface area contributed by atoms with Gasteiger partial charge in [0.15, 0.2) is 5.60 Å². The van der Waals surface area contributed by atoms with E-state index in [1.807, 2.05) is 54.6 Å². The van der Waals surface area contributed by atoms with E-state index in [1.165, 1.54) is 0 Å². The quantitative estimate of drug-likeness (QED) is 0.869. The molecule has 21 heavy (non-hydrogen) atoms. The van der Waals surface area contributed by atoms with Gasteiger partial charge in [0.25, 0.3) is 0 Å². The van der Waals surface area contributed by atoms with Crippen molar-refractivity contribution in [1.29, 1.82) is 0 Å². The van der Waals surface area contributed by atoms with Crippen LogP contribution in [-0.4, -0.2) is 10.7 Å². The normalized spacial score (nSPS) is 27.3. The van der Waals surface area contributed by atoms with E-state index in [0.29, 0.717) is 6.42 Å². The fourth-order valence-electron chi connectivity index (χ4n) is 2.99. The van der Waals surface area contributed by atoms with Gasteiger partial charge in [0.05, 0.1) is 0 Å². The van der Waals surface area contributed by atoms with Gasteiger partial charge in [0, 0.05) is 12.0 Å². The van der Waals surface area contributed by atoms with E-state index in [-0.39, 0.29) is 0 Å². The molecule has 0 amide bonds. The first-order valence-electron chi connectivity index (χ1n) is 6.97. The lowest BCUT2D eigenvalue weighted by Gasteiger charge is -2.47. The van der Waals surface area contributed by atoms with Crippen LogP contribution < -0.4 is 4.74 Å². The molecular weight excluding hydrogens is 260 g/mol. The molecule has 2 atom stereocenters. The van der Waals surface area contributed by atoms with Gasteiger partial charge in [-0.2, -0.15) is 0 Å². The van der Waals surface area contributed by atoms with Gasteiger partial charge in [-0.3, -0.25) is 0 Å². The maximum absolute atomic E-state index is 11.2. The molecule has 1 heterocycles. The van der Waals surface area contributed by atoms with Crippen molar-refractivity contribution in [2.75, 3.05) is 0 Å². The summed E-state index contributed by atoms with van der Waals surface area (Å²) < 4.78 is 6.22. The Labute approximate surface area is 125 Å². The Morgan fingerprint density at radius 3 is 2.29 bits per heavy atom. The predicted molar refractivity (Wildman–Crippen MR) is 84.2 cm³/mol. The summed E-state index contributed by atoms with van der Waals surface area (Å²) >= 11 is 0. The first kappa shape index (κ1) is 13.7. The third-order valence-electron chi connectivity index (χ3n) is 4.17. The van der Waals surface area contributed by atoms with Crippen molar-refractivity contribution in [3.8, 4) is 5.75 Å².